The second kappa shape index (κ2) is 9.35. The van der Waals surface area contributed by atoms with E-state index >= 15 is 0 Å². The molecule has 0 saturated heterocycles. The molecule has 10 heteroatoms. The minimum atomic E-state index is -0.485. The molecule has 2 aromatic heterocycles. The van der Waals surface area contributed by atoms with Gasteiger partial charge in [-0.1, -0.05) is 47.3 Å². The summed E-state index contributed by atoms with van der Waals surface area (Å²) in [6.07, 6.45) is 1.42. The molecule has 1 amide bonds. The number of amides is 1. The van der Waals surface area contributed by atoms with E-state index in [1.165, 1.54) is 18.1 Å². The van der Waals surface area contributed by atoms with Gasteiger partial charge in [0.2, 0.25) is 5.91 Å². The average molecular weight is 434 g/mol. The summed E-state index contributed by atoms with van der Waals surface area (Å²) in [7, 11) is 0. The van der Waals surface area contributed by atoms with Crippen LogP contribution in [-0.2, 0) is 9.53 Å². The molecule has 0 aliphatic carbocycles. The van der Waals surface area contributed by atoms with E-state index < -0.39 is 5.97 Å². The van der Waals surface area contributed by atoms with Crippen LogP contribution in [0.4, 0.5) is 5.69 Å². The van der Waals surface area contributed by atoms with Crippen molar-refractivity contribution < 1.29 is 14.3 Å². The Morgan fingerprint density at radius 2 is 1.84 bits per heavy atom. The smallest absolute Gasteiger partial charge is 0.340 e. The molecule has 156 valence electrons. The average Bonchev–Trinajstić information content (AvgIpc) is 3.23. The monoisotopic (exact) mass is 434 g/mol. The number of hydrogen-bond acceptors (Lipinski definition) is 8. The van der Waals surface area contributed by atoms with Gasteiger partial charge in [-0.15, -0.1) is 5.10 Å². The van der Waals surface area contributed by atoms with Gasteiger partial charge in [0.05, 0.1) is 29.3 Å². The van der Waals surface area contributed by atoms with Gasteiger partial charge < -0.3 is 10.1 Å². The molecule has 4 aromatic rings. The van der Waals surface area contributed by atoms with E-state index in [2.05, 4.69) is 25.6 Å². The highest BCUT2D eigenvalue weighted by Crippen LogP contribution is 2.24. The van der Waals surface area contributed by atoms with Gasteiger partial charge in [-0.05, 0) is 31.2 Å². The minimum absolute atomic E-state index is 0.0709. The van der Waals surface area contributed by atoms with Crippen molar-refractivity contribution in [2.24, 2.45) is 0 Å². The van der Waals surface area contributed by atoms with Gasteiger partial charge in [-0.25, -0.2) is 14.8 Å². The normalized spacial score (nSPS) is 10.7. The first-order chi connectivity index (χ1) is 15.2. The molecule has 0 fully saturated rings. The maximum absolute atomic E-state index is 12.5. The van der Waals surface area contributed by atoms with Crippen LogP contribution in [0.5, 0.6) is 0 Å². The van der Waals surface area contributed by atoms with Gasteiger partial charge in [0.25, 0.3) is 0 Å². The molecular weight excluding hydrogens is 416 g/mol. The lowest BCUT2D eigenvalue weighted by Crippen LogP contribution is -2.17. The number of hydrogen-bond donors (Lipinski definition) is 1. The lowest BCUT2D eigenvalue weighted by atomic mass is 10.2. The molecule has 0 aliphatic rings. The number of thioether (sulfide) groups is 1. The Morgan fingerprint density at radius 1 is 1.06 bits per heavy atom. The molecule has 0 radical (unpaired) electrons. The number of carbonyl (C=O) groups excluding carboxylic acids is 2. The van der Waals surface area contributed by atoms with Crippen molar-refractivity contribution >= 4 is 40.5 Å². The van der Waals surface area contributed by atoms with Crippen molar-refractivity contribution in [3.8, 4) is 5.69 Å². The number of ether oxygens (including phenoxy) is 1. The molecule has 0 saturated carbocycles. The largest absolute Gasteiger partial charge is 0.462 e. The van der Waals surface area contributed by atoms with E-state index in [1.54, 1.807) is 35.9 Å². The van der Waals surface area contributed by atoms with E-state index in [4.69, 9.17) is 4.74 Å². The Bertz CT molecular complexity index is 1230. The van der Waals surface area contributed by atoms with Gasteiger partial charge in [-0.2, -0.15) is 4.68 Å². The lowest BCUT2D eigenvalue weighted by Gasteiger charge is -2.10. The molecule has 0 atom stereocenters. The molecular formula is C21H18N6O3S. The molecule has 0 spiro atoms. The lowest BCUT2D eigenvalue weighted by molar-refractivity contribution is -0.113. The number of benzene rings is 2. The number of fused-ring (bicyclic) bond motifs is 1. The zero-order valence-electron chi connectivity index (χ0n) is 16.6. The van der Waals surface area contributed by atoms with Crippen LogP contribution in [-0.4, -0.2) is 49.2 Å². The fourth-order valence-electron chi connectivity index (χ4n) is 2.88. The Kier molecular flexibility index (Phi) is 6.18. The number of esters is 1. The summed E-state index contributed by atoms with van der Waals surface area (Å²) in [6.45, 7) is 1.98. The summed E-state index contributed by atoms with van der Waals surface area (Å²) >= 11 is 1.22. The first-order valence-electron chi connectivity index (χ1n) is 9.48. The highest BCUT2D eigenvalue weighted by Gasteiger charge is 2.17. The predicted molar refractivity (Wildman–Crippen MR) is 116 cm³/mol. The standard InChI is InChI=1S/C21H18N6O3S/c1-2-30-21(29)15-10-6-7-11-16(15)24-17(28)12-31-20-18-19(22-13-23-20)27(26-25-18)14-8-4-3-5-9-14/h3-11,13H,2,12H2,1H3,(H,24,28). The Balaban J connectivity index is 1.49. The molecule has 0 bridgehead atoms. The van der Waals surface area contributed by atoms with Crippen molar-refractivity contribution in [3.05, 3.63) is 66.5 Å². The van der Waals surface area contributed by atoms with Gasteiger partial charge in [0, 0.05) is 0 Å². The summed E-state index contributed by atoms with van der Waals surface area (Å²) in [5.74, 6) is -0.702. The van der Waals surface area contributed by atoms with Crippen molar-refractivity contribution in [1.82, 2.24) is 25.0 Å². The third-order valence-electron chi connectivity index (χ3n) is 4.24. The third-order valence-corrected chi connectivity index (χ3v) is 5.22. The quantitative estimate of drug-likeness (QED) is 0.268. The fourth-order valence-corrected chi connectivity index (χ4v) is 3.61. The van der Waals surface area contributed by atoms with Crippen LogP contribution in [0.25, 0.3) is 16.9 Å². The summed E-state index contributed by atoms with van der Waals surface area (Å²) in [5.41, 5.74) is 2.59. The van der Waals surface area contributed by atoms with E-state index in [0.29, 0.717) is 27.4 Å². The Labute approximate surface area is 181 Å². The SMILES string of the molecule is CCOC(=O)c1ccccc1NC(=O)CSc1ncnc2c1nnn2-c1ccccc1. The first-order valence-corrected chi connectivity index (χ1v) is 10.5. The highest BCUT2D eigenvalue weighted by molar-refractivity contribution is 8.00. The van der Waals surface area contributed by atoms with Gasteiger partial charge in [0.15, 0.2) is 11.2 Å². The van der Waals surface area contributed by atoms with E-state index in [0.717, 1.165) is 5.69 Å². The second-order valence-electron chi connectivity index (χ2n) is 6.29. The number of rotatable bonds is 7. The Hall–Kier alpha value is -3.79. The molecule has 2 heterocycles. The molecule has 2 aromatic carbocycles. The summed E-state index contributed by atoms with van der Waals surface area (Å²) < 4.78 is 6.66. The van der Waals surface area contributed by atoms with Crippen LogP contribution in [0.3, 0.4) is 0 Å². The summed E-state index contributed by atoms with van der Waals surface area (Å²) in [6, 6.07) is 16.2. The molecule has 31 heavy (non-hydrogen) atoms. The molecule has 1 N–H and O–H groups in total. The number of carbonyl (C=O) groups is 2. The van der Waals surface area contributed by atoms with Crippen LogP contribution in [0.1, 0.15) is 17.3 Å². The molecule has 0 aliphatic heterocycles. The van der Waals surface area contributed by atoms with Crippen LogP contribution in [0, 0.1) is 0 Å². The van der Waals surface area contributed by atoms with Crippen LogP contribution < -0.4 is 5.32 Å². The number of nitrogens with one attached hydrogen (secondary N) is 1. The van der Waals surface area contributed by atoms with Gasteiger partial charge in [-0.3, -0.25) is 4.79 Å². The maximum Gasteiger partial charge on any atom is 0.340 e. The molecule has 0 unspecified atom stereocenters. The third kappa shape index (κ3) is 4.53. The number of anilines is 1. The van der Waals surface area contributed by atoms with Crippen molar-refractivity contribution in [1.29, 1.82) is 0 Å². The van der Waals surface area contributed by atoms with Crippen LogP contribution >= 0.6 is 11.8 Å². The molecule has 4 rings (SSSR count). The van der Waals surface area contributed by atoms with Crippen LogP contribution in [0.15, 0.2) is 66.0 Å². The topological polar surface area (TPSA) is 112 Å². The first kappa shape index (κ1) is 20.5. The highest BCUT2D eigenvalue weighted by atomic mass is 32.2. The van der Waals surface area contributed by atoms with E-state index in [9.17, 15) is 9.59 Å². The predicted octanol–water partition coefficient (Wildman–Crippen LogP) is 3.12. The van der Waals surface area contributed by atoms with Gasteiger partial charge >= 0.3 is 5.97 Å². The summed E-state index contributed by atoms with van der Waals surface area (Å²) in [4.78, 5) is 33.1. The van der Waals surface area contributed by atoms with E-state index in [-0.39, 0.29) is 18.3 Å². The number of aromatic nitrogens is 5. The minimum Gasteiger partial charge on any atom is -0.462 e. The van der Waals surface area contributed by atoms with E-state index in [1.807, 2.05) is 30.3 Å². The maximum atomic E-state index is 12.5. The Morgan fingerprint density at radius 3 is 2.65 bits per heavy atom. The number of nitrogens with zero attached hydrogens (tertiary/aromatic N) is 5. The zero-order chi connectivity index (χ0) is 21.6. The van der Waals surface area contributed by atoms with Gasteiger partial charge in [0.1, 0.15) is 11.4 Å². The van der Waals surface area contributed by atoms with Crippen molar-refractivity contribution in [2.75, 3.05) is 17.7 Å². The van der Waals surface area contributed by atoms with Crippen LogP contribution in [0.2, 0.25) is 0 Å². The van der Waals surface area contributed by atoms with Crippen molar-refractivity contribution in [2.45, 2.75) is 11.9 Å². The zero-order valence-corrected chi connectivity index (χ0v) is 17.4. The number of para-hydroxylation sites is 2. The second-order valence-corrected chi connectivity index (χ2v) is 7.25. The summed E-state index contributed by atoms with van der Waals surface area (Å²) in [5, 5.41) is 11.7. The fraction of sp³-hybridized carbons (Fsp3) is 0.143. The van der Waals surface area contributed by atoms with Crippen molar-refractivity contribution in [3.63, 3.8) is 0 Å². The molecule has 9 nitrogen and oxygen atoms in total.